The molecular weight excluding hydrogens is 280 g/mol. The van der Waals surface area contributed by atoms with Crippen molar-refractivity contribution in [3.05, 3.63) is 29.3 Å². The number of aliphatic hydroxyl groups excluding tert-OH is 1. The van der Waals surface area contributed by atoms with Crippen LogP contribution in [0.4, 0.5) is 8.78 Å². The molecule has 3 N–H and O–H groups in total. The molecule has 1 aromatic carbocycles. The summed E-state index contributed by atoms with van der Waals surface area (Å²) in [6.45, 7) is 2.03. The molecule has 2 rings (SSSR count). The summed E-state index contributed by atoms with van der Waals surface area (Å²) in [4.78, 5) is 12.0. The molecule has 2 unspecified atom stereocenters. The summed E-state index contributed by atoms with van der Waals surface area (Å²) < 4.78 is 26.5. The average Bonchev–Trinajstić information content (AvgIpc) is 2.39. The monoisotopic (exact) mass is 299 g/mol. The van der Waals surface area contributed by atoms with Crippen LogP contribution < -0.4 is 5.32 Å². The van der Waals surface area contributed by atoms with E-state index in [1.54, 1.807) is 0 Å². The van der Waals surface area contributed by atoms with E-state index >= 15 is 0 Å². The van der Waals surface area contributed by atoms with E-state index in [0.717, 1.165) is 19.3 Å². The molecule has 0 radical (unpaired) electrons. The van der Waals surface area contributed by atoms with Crippen LogP contribution in [0.2, 0.25) is 0 Å². The number of halogens is 2. The number of hydrogen-bond acceptors (Lipinski definition) is 3. The quantitative estimate of drug-likeness (QED) is 0.802. The second-order valence-electron chi connectivity index (χ2n) is 5.88. The Hall–Kier alpha value is -1.69. The largest absolute Gasteiger partial charge is 0.507 e. The first-order chi connectivity index (χ1) is 9.83. The van der Waals surface area contributed by atoms with Gasteiger partial charge in [0.25, 0.3) is 5.91 Å². The smallest absolute Gasteiger partial charge is 0.258 e. The van der Waals surface area contributed by atoms with E-state index in [0.29, 0.717) is 18.6 Å². The first-order valence-electron chi connectivity index (χ1n) is 6.98. The van der Waals surface area contributed by atoms with E-state index < -0.39 is 40.4 Å². The van der Waals surface area contributed by atoms with E-state index in [9.17, 15) is 23.8 Å². The van der Waals surface area contributed by atoms with Crippen LogP contribution in [-0.4, -0.2) is 28.8 Å². The fourth-order valence-corrected chi connectivity index (χ4v) is 2.74. The molecule has 0 bridgehead atoms. The maximum Gasteiger partial charge on any atom is 0.258 e. The molecule has 0 spiro atoms. The van der Waals surface area contributed by atoms with Gasteiger partial charge in [-0.2, -0.15) is 0 Å². The van der Waals surface area contributed by atoms with Crippen molar-refractivity contribution in [3.63, 3.8) is 0 Å². The molecule has 0 saturated heterocycles. The lowest BCUT2D eigenvalue weighted by atomic mass is 9.73. The van der Waals surface area contributed by atoms with Crippen LogP contribution in [0.25, 0.3) is 0 Å². The van der Waals surface area contributed by atoms with E-state index in [1.807, 2.05) is 6.92 Å². The van der Waals surface area contributed by atoms with Crippen molar-refractivity contribution < 1.29 is 23.8 Å². The van der Waals surface area contributed by atoms with Gasteiger partial charge in [-0.15, -0.1) is 0 Å². The number of rotatable bonds is 3. The van der Waals surface area contributed by atoms with E-state index in [1.165, 1.54) is 0 Å². The molecule has 2 atom stereocenters. The molecule has 1 aliphatic rings. The van der Waals surface area contributed by atoms with Gasteiger partial charge in [0, 0.05) is 24.1 Å². The lowest BCUT2D eigenvalue weighted by Gasteiger charge is -2.38. The Morgan fingerprint density at radius 1 is 1.43 bits per heavy atom. The topological polar surface area (TPSA) is 69.6 Å². The Kier molecular flexibility index (Phi) is 4.46. The maximum atomic E-state index is 13.6. The highest BCUT2D eigenvalue weighted by atomic mass is 19.1. The SMILES string of the molecule is CC1(CNC(=O)c2c(O)cc(F)cc2F)CCCCC1O. The Bertz CT molecular complexity index is 527. The fourth-order valence-electron chi connectivity index (χ4n) is 2.74. The Morgan fingerprint density at radius 2 is 2.14 bits per heavy atom. The summed E-state index contributed by atoms with van der Waals surface area (Å²) in [6.07, 6.45) is 2.80. The molecule has 1 aliphatic carbocycles. The summed E-state index contributed by atoms with van der Waals surface area (Å²) in [5.74, 6) is -3.61. The second-order valence-corrected chi connectivity index (χ2v) is 5.88. The van der Waals surface area contributed by atoms with Gasteiger partial charge in [0.2, 0.25) is 0 Å². The van der Waals surface area contributed by atoms with Crippen molar-refractivity contribution in [2.75, 3.05) is 6.54 Å². The third kappa shape index (κ3) is 3.32. The first-order valence-corrected chi connectivity index (χ1v) is 6.98. The van der Waals surface area contributed by atoms with Gasteiger partial charge in [-0.3, -0.25) is 4.79 Å². The number of phenols is 1. The predicted octanol–water partition coefficient (Wildman–Crippen LogP) is 2.34. The lowest BCUT2D eigenvalue weighted by molar-refractivity contribution is 0.00187. The first kappa shape index (κ1) is 15.7. The molecule has 1 aromatic rings. The molecule has 6 heteroatoms. The zero-order valence-corrected chi connectivity index (χ0v) is 11.8. The van der Waals surface area contributed by atoms with E-state index in [4.69, 9.17) is 0 Å². The zero-order chi connectivity index (χ0) is 15.6. The molecule has 4 nitrogen and oxygen atoms in total. The lowest BCUT2D eigenvalue weighted by Crippen LogP contribution is -2.45. The highest BCUT2D eigenvalue weighted by Crippen LogP contribution is 2.35. The van der Waals surface area contributed by atoms with Crippen molar-refractivity contribution in [2.24, 2.45) is 5.41 Å². The van der Waals surface area contributed by atoms with Gasteiger partial charge in [0.05, 0.1) is 6.10 Å². The molecule has 21 heavy (non-hydrogen) atoms. The molecule has 1 fully saturated rings. The zero-order valence-electron chi connectivity index (χ0n) is 11.8. The van der Waals surface area contributed by atoms with Crippen LogP contribution in [0.3, 0.4) is 0 Å². The molecule has 1 amide bonds. The van der Waals surface area contributed by atoms with Gasteiger partial charge in [-0.1, -0.05) is 19.8 Å². The minimum absolute atomic E-state index is 0.170. The normalized spacial score (nSPS) is 25.6. The Morgan fingerprint density at radius 3 is 2.76 bits per heavy atom. The third-order valence-corrected chi connectivity index (χ3v) is 4.19. The van der Waals surface area contributed by atoms with Gasteiger partial charge < -0.3 is 15.5 Å². The number of aliphatic hydroxyl groups is 1. The molecule has 0 aliphatic heterocycles. The summed E-state index contributed by atoms with van der Waals surface area (Å²) >= 11 is 0. The number of amides is 1. The number of benzene rings is 1. The van der Waals surface area contributed by atoms with Crippen LogP contribution >= 0.6 is 0 Å². The van der Waals surface area contributed by atoms with Crippen molar-refractivity contribution in [3.8, 4) is 5.75 Å². The molecule has 1 saturated carbocycles. The summed E-state index contributed by atoms with van der Waals surface area (Å²) in [7, 11) is 0. The number of carbonyl (C=O) groups is 1. The number of hydrogen-bond donors (Lipinski definition) is 3. The van der Waals surface area contributed by atoms with Crippen molar-refractivity contribution in [1.29, 1.82) is 0 Å². The summed E-state index contributed by atoms with van der Waals surface area (Å²) in [5.41, 5.74) is -1.05. The minimum Gasteiger partial charge on any atom is -0.507 e. The van der Waals surface area contributed by atoms with Crippen molar-refractivity contribution in [1.82, 2.24) is 5.32 Å². The molecule has 0 aromatic heterocycles. The standard InChI is InChI=1S/C15H19F2NO3/c1-15(5-3-2-4-12(15)20)8-18-14(21)13-10(17)6-9(16)7-11(13)19/h6-7,12,19-20H,2-5,8H2,1H3,(H,18,21). The van der Waals surface area contributed by atoms with Gasteiger partial charge in [0.1, 0.15) is 22.9 Å². The van der Waals surface area contributed by atoms with Crippen LogP contribution in [-0.2, 0) is 0 Å². The van der Waals surface area contributed by atoms with Gasteiger partial charge in [0.15, 0.2) is 0 Å². The predicted molar refractivity (Wildman–Crippen MR) is 72.9 cm³/mol. The third-order valence-electron chi connectivity index (χ3n) is 4.19. The number of phenolic OH excluding ortho intramolecular Hbond substituents is 1. The highest BCUT2D eigenvalue weighted by molar-refractivity contribution is 5.97. The summed E-state index contributed by atoms with van der Waals surface area (Å²) in [5, 5.41) is 22.1. The number of aromatic hydroxyl groups is 1. The highest BCUT2D eigenvalue weighted by Gasteiger charge is 2.36. The van der Waals surface area contributed by atoms with Gasteiger partial charge in [-0.05, 0) is 12.8 Å². The number of carbonyl (C=O) groups excluding carboxylic acids is 1. The van der Waals surface area contributed by atoms with E-state index in [2.05, 4.69) is 5.32 Å². The van der Waals surface area contributed by atoms with Crippen molar-refractivity contribution >= 4 is 5.91 Å². The van der Waals surface area contributed by atoms with Crippen LogP contribution in [0.1, 0.15) is 43.0 Å². The molecular formula is C15H19F2NO3. The Labute approximate surface area is 121 Å². The van der Waals surface area contributed by atoms with Gasteiger partial charge in [-0.25, -0.2) is 8.78 Å². The van der Waals surface area contributed by atoms with Gasteiger partial charge >= 0.3 is 0 Å². The molecule has 0 heterocycles. The van der Waals surface area contributed by atoms with Crippen molar-refractivity contribution in [2.45, 2.75) is 38.7 Å². The van der Waals surface area contributed by atoms with Crippen LogP contribution in [0, 0.1) is 17.0 Å². The number of nitrogens with one attached hydrogen (secondary N) is 1. The summed E-state index contributed by atoms with van der Waals surface area (Å²) in [6, 6.07) is 1.24. The molecule has 116 valence electrons. The fraction of sp³-hybridized carbons (Fsp3) is 0.533. The maximum absolute atomic E-state index is 13.6. The second kappa shape index (κ2) is 5.97. The van der Waals surface area contributed by atoms with Crippen LogP contribution in [0.15, 0.2) is 12.1 Å². The minimum atomic E-state index is -1.11. The van der Waals surface area contributed by atoms with Crippen LogP contribution in [0.5, 0.6) is 5.75 Å². The average molecular weight is 299 g/mol. The van der Waals surface area contributed by atoms with E-state index in [-0.39, 0.29) is 6.54 Å². The Balaban J connectivity index is 2.09.